The molecule has 0 aliphatic rings. The molecule has 1 N–H and O–H groups in total. The van der Waals surface area contributed by atoms with Crippen molar-refractivity contribution in [2.45, 2.75) is 19.9 Å². The number of hydrogen-bond donors (Lipinski definition) is 1. The largest absolute Gasteiger partial charge is 0.478 e. The molecule has 72 valence electrons. The Hall–Kier alpha value is -1.09. The topological polar surface area (TPSA) is 34.1 Å². The van der Waals surface area contributed by atoms with Crippen LogP contribution < -0.4 is 10.1 Å². The van der Waals surface area contributed by atoms with Crippen molar-refractivity contribution in [2.75, 3.05) is 13.7 Å². The highest BCUT2D eigenvalue weighted by Gasteiger charge is 1.96. The zero-order valence-corrected chi connectivity index (χ0v) is 8.21. The number of hydrogen-bond acceptors (Lipinski definition) is 3. The van der Waals surface area contributed by atoms with E-state index in [9.17, 15) is 0 Å². The van der Waals surface area contributed by atoms with E-state index in [-0.39, 0.29) is 0 Å². The average Bonchev–Trinajstić information content (AvgIpc) is 2.16. The lowest BCUT2D eigenvalue weighted by molar-refractivity contribution is 0.305. The lowest BCUT2D eigenvalue weighted by Gasteiger charge is -2.04. The Morgan fingerprint density at radius 3 is 3.08 bits per heavy atom. The van der Waals surface area contributed by atoms with Crippen LogP contribution in [0.4, 0.5) is 0 Å². The van der Waals surface area contributed by atoms with E-state index in [0.717, 1.165) is 25.5 Å². The van der Waals surface area contributed by atoms with Gasteiger partial charge in [0.2, 0.25) is 5.88 Å². The van der Waals surface area contributed by atoms with Crippen LogP contribution in [0.3, 0.4) is 0 Å². The van der Waals surface area contributed by atoms with Crippen molar-refractivity contribution in [1.82, 2.24) is 10.3 Å². The number of nitrogens with one attached hydrogen (secondary N) is 1. The van der Waals surface area contributed by atoms with Gasteiger partial charge in [0, 0.05) is 18.8 Å². The summed E-state index contributed by atoms with van der Waals surface area (Å²) in [5, 5.41) is 3.08. The highest BCUT2D eigenvalue weighted by Crippen LogP contribution is 2.08. The Balaban J connectivity index is 2.56. The fourth-order valence-corrected chi connectivity index (χ4v) is 1.05. The molecule has 0 bridgehead atoms. The number of aromatic nitrogens is 1. The highest BCUT2D eigenvalue weighted by molar-refractivity contribution is 5.20. The van der Waals surface area contributed by atoms with E-state index in [2.05, 4.69) is 17.2 Å². The number of ether oxygens (including phenoxy) is 1. The fourth-order valence-electron chi connectivity index (χ4n) is 1.05. The molecular formula is C10H16N2O. The zero-order chi connectivity index (χ0) is 9.52. The normalized spacial score (nSPS) is 10.0. The van der Waals surface area contributed by atoms with Crippen molar-refractivity contribution >= 4 is 0 Å². The molecule has 1 heterocycles. The molecule has 0 saturated carbocycles. The number of nitrogens with zero attached hydrogens (tertiary/aromatic N) is 1. The maximum absolute atomic E-state index is 5.40. The number of rotatable bonds is 5. The molecule has 0 fully saturated rings. The van der Waals surface area contributed by atoms with Gasteiger partial charge in [0.25, 0.3) is 0 Å². The molecule has 0 aliphatic heterocycles. The summed E-state index contributed by atoms with van der Waals surface area (Å²) < 4.78 is 5.40. The van der Waals surface area contributed by atoms with Crippen LogP contribution in [-0.2, 0) is 6.54 Å². The lowest BCUT2D eigenvalue weighted by Crippen LogP contribution is -2.05. The Labute approximate surface area is 79.1 Å². The third-order valence-electron chi connectivity index (χ3n) is 1.63. The Kier molecular flexibility index (Phi) is 4.26. The first kappa shape index (κ1) is 9.99. The fraction of sp³-hybridized carbons (Fsp3) is 0.500. The van der Waals surface area contributed by atoms with Gasteiger partial charge in [0.1, 0.15) is 0 Å². The maximum Gasteiger partial charge on any atom is 0.213 e. The molecule has 0 radical (unpaired) electrons. The van der Waals surface area contributed by atoms with E-state index in [0.29, 0.717) is 0 Å². The van der Waals surface area contributed by atoms with E-state index in [4.69, 9.17) is 4.74 Å². The molecule has 3 heteroatoms. The minimum atomic E-state index is 0.717. The summed E-state index contributed by atoms with van der Waals surface area (Å²) in [5.74, 6) is 0.717. The van der Waals surface area contributed by atoms with Gasteiger partial charge in [0.15, 0.2) is 0 Å². The van der Waals surface area contributed by atoms with Gasteiger partial charge in [-0.15, -0.1) is 0 Å². The van der Waals surface area contributed by atoms with Crippen LogP contribution in [0.5, 0.6) is 5.88 Å². The Morgan fingerprint density at radius 1 is 1.54 bits per heavy atom. The van der Waals surface area contributed by atoms with Crippen LogP contribution in [0.1, 0.15) is 18.9 Å². The molecule has 1 aromatic heterocycles. The van der Waals surface area contributed by atoms with Gasteiger partial charge in [0.05, 0.1) is 6.61 Å². The third-order valence-corrected chi connectivity index (χ3v) is 1.63. The molecule has 0 unspecified atom stereocenters. The molecule has 0 aliphatic carbocycles. The molecule has 0 amide bonds. The van der Waals surface area contributed by atoms with Crippen LogP contribution in [-0.4, -0.2) is 18.6 Å². The van der Waals surface area contributed by atoms with Crippen LogP contribution >= 0.6 is 0 Å². The monoisotopic (exact) mass is 180 g/mol. The van der Waals surface area contributed by atoms with Crippen molar-refractivity contribution in [1.29, 1.82) is 0 Å². The highest BCUT2D eigenvalue weighted by atomic mass is 16.5. The molecule has 0 atom stereocenters. The second-order valence-corrected chi connectivity index (χ2v) is 2.88. The van der Waals surface area contributed by atoms with Crippen LogP contribution in [0.25, 0.3) is 0 Å². The second kappa shape index (κ2) is 5.54. The van der Waals surface area contributed by atoms with E-state index < -0.39 is 0 Å². The first-order chi connectivity index (χ1) is 6.36. The molecule has 1 aromatic rings. The predicted octanol–water partition coefficient (Wildman–Crippen LogP) is 1.59. The Morgan fingerprint density at radius 2 is 2.38 bits per heavy atom. The predicted molar refractivity (Wildman–Crippen MR) is 52.8 cm³/mol. The smallest absolute Gasteiger partial charge is 0.213 e. The molecule has 0 aromatic carbocycles. The Bertz CT molecular complexity index is 250. The average molecular weight is 180 g/mol. The lowest BCUT2D eigenvalue weighted by atomic mass is 10.3. The van der Waals surface area contributed by atoms with Crippen molar-refractivity contribution < 1.29 is 4.74 Å². The van der Waals surface area contributed by atoms with Crippen molar-refractivity contribution in [3.8, 4) is 5.88 Å². The summed E-state index contributed by atoms with van der Waals surface area (Å²) in [6.45, 7) is 3.67. The first-order valence-electron chi connectivity index (χ1n) is 4.59. The van der Waals surface area contributed by atoms with Gasteiger partial charge in [-0.1, -0.05) is 6.92 Å². The SMILES string of the molecule is CCCOc1cc(CNC)ccn1. The summed E-state index contributed by atoms with van der Waals surface area (Å²) in [6, 6.07) is 3.95. The number of pyridine rings is 1. The maximum atomic E-state index is 5.40. The zero-order valence-electron chi connectivity index (χ0n) is 8.21. The molecule has 13 heavy (non-hydrogen) atoms. The first-order valence-corrected chi connectivity index (χ1v) is 4.59. The second-order valence-electron chi connectivity index (χ2n) is 2.88. The van der Waals surface area contributed by atoms with E-state index >= 15 is 0 Å². The molecule has 1 rings (SSSR count). The minimum absolute atomic E-state index is 0.717. The summed E-state index contributed by atoms with van der Waals surface area (Å²) in [5.41, 5.74) is 1.20. The van der Waals surface area contributed by atoms with E-state index in [1.807, 2.05) is 19.2 Å². The van der Waals surface area contributed by atoms with E-state index in [1.165, 1.54) is 5.56 Å². The van der Waals surface area contributed by atoms with Gasteiger partial charge < -0.3 is 10.1 Å². The van der Waals surface area contributed by atoms with Gasteiger partial charge in [-0.05, 0) is 25.1 Å². The quantitative estimate of drug-likeness (QED) is 0.747. The van der Waals surface area contributed by atoms with Crippen LogP contribution in [0, 0.1) is 0 Å². The molecular weight excluding hydrogens is 164 g/mol. The van der Waals surface area contributed by atoms with Gasteiger partial charge in [-0.2, -0.15) is 0 Å². The van der Waals surface area contributed by atoms with Gasteiger partial charge in [-0.3, -0.25) is 0 Å². The summed E-state index contributed by atoms with van der Waals surface area (Å²) in [4.78, 5) is 4.11. The van der Waals surface area contributed by atoms with Crippen molar-refractivity contribution in [2.24, 2.45) is 0 Å². The third kappa shape index (κ3) is 3.42. The molecule has 3 nitrogen and oxygen atoms in total. The summed E-state index contributed by atoms with van der Waals surface area (Å²) >= 11 is 0. The molecule has 0 saturated heterocycles. The van der Waals surface area contributed by atoms with E-state index in [1.54, 1.807) is 6.20 Å². The van der Waals surface area contributed by atoms with Crippen LogP contribution in [0.2, 0.25) is 0 Å². The summed E-state index contributed by atoms with van der Waals surface area (Å²) in [7, 11) is 1.92. The van der Waals surface area contributed by atoms with Gasteiger partial charge in [-0.25, -0.2) is 4.98 Å². The molecule has 0 spiro atoms. The van der Waals surface area contributed by atoms with Crippen molar-refractivity contribution in [3.05, 3.63) is 23.9 Å². The standard InChI is InChI=1S/C10H16N2O/c1-3-6-13-10-7-9(8-11-2)4-5-12-10/h4-5,7,11H,3,6,8H2,1-2H3. The minimum Gasteiger partial charge on any atom is -0.478 e. The van der Waals surface area contributed by atoms with Crippen LogP contribution in [0.15, 0.2) is 18.3 Å². The van der Waals surface area contributed by atoms with Gasteiger partial charge >= 0.3 is 0 Å². The summed E-state index contributed by atoms with van der Waals surface area (Å²) in [6.07, 6.45) is 2.79. The van der Waals surface area contributed by atoms with Crippen molar-refractivity contribution in [3.63, 3.8) is 0 Å².